The van der Waals surface area contributed by atoms with Gasteiger partial charge in [0.15, 0.2) is 0 Å². The molecule has 1 aliphatic heterocycles. The van der Waals surface area contributed by atoms with Crippen molar-refractivity contribution in [2.45, 2.75) is 45.2 Å². The molecule has 7 nitrogen and oxygen atoms in total. The van der Waals surface area contributed by atoms with Gasteiger partial charge in [-0.2, -0.15) is 0 Å². The number of nitrogens with two attached hydrogens (primary N) is 1. The number of hydrogen-bond acceptors (Lipinski definition) is 3. The number of piperidine rings is 1. The predicted octanol–water partition coefficient (Wildman–Crippen LogP) is 0.145. The fourth-order valence-electron chi connectivity index (χ4n) is 2.43. The monoisotopic (exact) mass is 271 g/mol. The number of carboxylic acids is 1. The lowest BCUT2D eigenvalue weighted by atomic mass is 9.88. The molecule has 4 N–H and O–H groups in total. The van der Waals surface area contributed by atoms with Gasteiger partial charge in [-0.3, -0.25) is 4.79 Å². The van der Waals surface area contributed by atoms with Crippen LogP contribution in [0.5, 0.6) is 0 Å². The minimum absolute atomic E-state index is 0.324. The van der Waals surface area contributed by atoms with Crippen molar-refractivity contribution in [1.82, 2.24) is 10.2 Å². The van der Waals surface area contributed by atoms with Crippen LogP contribution in [0, 0.1) is 5.92 Å². The van der Waals surface area contributed by atoms with Crippen molar-refractivity contribution < 1.29 is 19.5 Å². The summed E-state index contributed by atoms with van der Waals surface area (Å²) in [6.07, 6.45) is 2.15. The van der Waals surface area contributed by atoms with E-state index in [1.165, 1.54) is 11.8 Å². The van der Waals surface area contributed by atoms with Gasteiger partial charge < -0.3 is 21.1 Å². The minimum atomic E-state index is -1.00. The van der Waals surface area contributed by atoms with E-state index in [0.29, 0.717) is 18.9 Å². The number of hydrogen-bond donors (Lipinski definition) is 3. The third kappa shape index (κ3) is 3.84. The quantitative estimate of drug-likeness (QED) is 0.675. The van der Waals surface area contributed by atoms with E-state index in [1.807, 2.05) is 6.92 Å². The second-order valence-corrected chi connectivity index (χ2v) is 4.91. The van der Waals surface area contributed by atoms with Crippen molar-refractivity contribution in [3.05, 3.63) is 0 Å². The lowest BCUT2D eigenvalue weighted by molar-refractivity contribution is -0.153. The highest BCUT2D eigenvalue weighted by Crippen LogP contribution is 2.26. The summed E-state index contributed by atoms with van der Waals surface area (Å²) in [5.74, 6) is -1.08. The van der Waals surface area contributed by atoms with E-state index in [-0.39, 0.29) is 0 Å². The molecule has 0 bridgehead atoms. The van der Waals surface area contributed by atoms with E-state index in [4.69, 9.17) is 5.73 Å². The Labute approximate surface area is 112 Å². The van der Waals surface area contributed by atoms with E-state index < -0.39 is 30.0 Å². The number of carboxylic acid groups (broad SMARTS) is 1. The highest BCUT2D eigenvalue weighted by Gasteiger charge is 2.37. The highest BCUT2D eigenvalue weighted by atomic mass is 16.4. The molecule has 0 aliphatic carbocycles. The van der Waals surface area contributed by atoms with Crippen LogP contribution in [-0.2, 0) is 9.59 Å². The fourth-order valence-corrected chi connectivity index (χ4v) is 2.43. The van der Waals surface area contributed by atoms with Gasteiger partial charge in [-0.05, 0) is 25.7 Å². The number of carbonyl (C=O) groups is 3. The van der Waals surface area contributed by atoms with Gasteiger partial charge in [0.1, 0.15) is 12.1 Å². The van der Waals surface area contributed by atoms with Crippen LogP contribution in [0.3, 0.4) is 0 Å². The molecule has 0 spiro atoms. The average Bonchev–Trinajstić information content (AvgIpc) is 2.36. The number of carbonyl (C=O) groups excluding carboxylic acids is 2. The molecule has 1 fully saturated rings. The number of amides is 3. The summed E-state index contributed by atoms with van der Waals surface area (Å²) in [5.41, 5.74) is 4.96. The summed E-state index contributed by atoms with van der Waals surface area (Å²) in [4.78, 5) is 35.5. The number of nitrogens with zero attached hydrogens (tertiary/aromatic N) is 1. The molecule has 0 radical (unpaired) electrons. The Morgan fingerprint density at radius 3 is 2.58 bits per heavy atom. The Balaban J connectivity index is 2.76. The molecule has 7 heteroatoms. The van der Waals surface area contributed by atoms with Crippen molar-refractivity contribution in [2.24, 2.45) is 11.7 Å². The molecule has 3 amide bonds. The Kier molecular flexibility index (Phi) is 5.14. The van der Waals surface area contributed by atoms with E-state index in [1.54, 1.807) is 0 Å². The van der Waals surface area contributed by atoms with Crippen LogP contribution >= 0.6 is 0 Å². The average molecular weight is 271 g/mol. The first-order valence-corrected chi connectivity index (χ1v) is 6.46. The summed E-state index contributed by atoms with van der Waals surface area (Å²) < 4.78 is 0. The van der Waals surface area contributed by atoms with Crippen LogP contribution in [-0.4, -0.2) is 46.5 Å². The lowest BCUT2D eigenvalue weighted by Gasteiger charge is -2.38. The molecular formula is C12H21N3O4. The number of nitrogens with one attached hydrogen (secondary N) is 1. The molecule has 0 aromatic rings. The van der Waals surface area contributed by atoms with Gasteiger partial charge in [0.2, 0.25) is 5.91 Å². The highest BCUT2D eigenvalue weighted by molar-refractivity contribution is 5.89. The van der Waals surface area contributed by atoms with E-state index in [0.717, 1.165) is 12.8 Å². The van der Waals surface area contributed by atoms with Crippen molar-refractivity contribution in [2.75, 3.05) is 6.54 Å². The van der Waals surface area contributed by atoms with E-state index in [9.17, 15) is 19.5 Å². The molecule has 3 atom stereocenters. The molecule has 0 aromatic heterocycles. The van der Waals surface area contributed by atoms with Crippen LogP contribution in [0.25, 0.3) is 0 Å². The number of primary amides is 1. The maximum absolute atomic E-state index is 12.1. The Morgan fingerprint density at radius 1 is 1.47 bits per heavy atom. The maximum Gasteiger partial charge on any atom is 0.326 e. The molecule has 108 valence electrons. The topological polar surface area (TPSA) is 113 Å². The number of urea groups is 1. The van der Waals surface area contributed by atoms with Crippen LogP contribution < -0.4 is 11.1 Å². The smallest absolute Gasteiger partial charge is 0.326 e. The van der Waals surface area contributed by atoms with E-state index in [2.05, 4.69) is 5.32 Å². The second-order valence-electron chi connectivity index (χ2n) is 4.91. The van der Waals surface area contributed by atoms with Crippen LogP contribution in [0.1, 0.15) is 33.1 Å². The Hall–Kier alpha value is -1.79. The Bertz CT molecular complexity index is 372. The molecule has 1 aliphatic rings. The number of aliphatic carboxylic acids is 1. The predicted molar refractivity (Wildman–Crippen MR) is 68.3 cm³/mol. The third-order valence-electron chi connectivity index (χ3n) is 3.59. The van der Waals surface area contributed by atoms with Crippen LogP contribution in [0.4, 0.5) is 4.79 Å². The molecule has 3 unspecified atom stereocenters. The summed E-state index contributed by atoms with van der Waals surface area (Å²) in [5, 5.41) is 11.5. The fraction of sp³-hybridized carbons (Fsp3) is 0.750. The second kappa shape index (κ2) is 6.40. The van der Waals surface area contributed by atoms with Crippen molar-refractivity contribution in [1.29, 1.82) is 0 Å². The standard InChI is InChI=1S/C12H21N3O4/c1-3-8-4-5-15(9(6-8)11(17)18)10(16)7(2)14-12(13)19/h7-9H,3-6H2,1-2H3,(H,17,18)(H3,13,14,19). The summed E-state index contributed by atoms with van der Waals surface area (Å²) >= 11 is 0. The molecule has 0 aromatic carbocycles. The first-order valence-electron chi connectivity index (χ1n) is 6.46. The van der Waals surface area contributed by atoms with Crippen molar-refractivity contribution >= 4 is 17.9 Å². The first kappa shape index (κ1) is 15.3. The summed E-state index contributed by atoms with van der Waals surface area (Å²) in [6, 6.07) is -2.42. The van der Waals surface area contributed by atoms with Gasteiger partial charge in [-0.1, -0.05) is 13.3 Å². The molecule has 19 heavy (non-hydrogen) atoms. The molecule has 1 rings (SSSR count). The molecule has 0 saturated carbocycles. The zero-order valence-electron chi connectivity index (χ0n) is 11.3. The van der Waals surface area contributed by atoms with Crippen LogP contribution in [0.2, 0.25) is 0 Å². The van der Waals surface area contributed by atoms with Gasteiger partial charge in [-0.15, -0.1) is 0 Å². The van der Waals surface area contributed by atoms with Crippen molar-refractivity contribution in [3.8, 4) is 0 Å². The molecule has 1 heterocycles. The van der Waals surface area contributed by atoms with Crippen LogP contribution in [0.15, 0.2) is 0 Å². The van der Waals surface area contributed by atoms with Gasteiger partial charge in [0.25, 0.3) is 0 Å². The number of rotatable bonds is 4. The summed E-state index contributed by atoms with van der Waals surface area (Å²) in [6.45, 7) is 3.91. The van der Waals surface area contributed by atoms with Gasteiger partial charge in [0.05, 0.1) is 0 Å². The normalized spacial score (nSPS) is 24.6. The summed E-state index contributed by atoms with van der Waals surface area (Å²) in [7, 11) is 0. The van der Waals surface area contributed by atoms with Gasteiger partial charge in [-0.25, -0.2) is 9.59 Å². The SMILES string of the molecule is CCC1CCN(C(=O)C(C)NC(N)=O)C(C(=O)O)C1. The maximum atomic E-state index is 12.1. The van der Waals surface area contributed by atoms with E-state index >= 15 is 0 Å². The lowest BCUT2D eigenvalue weighted by Crippen LogP contribution is -2.56. The first-order chi connectivity index (χ1) is 8.86. The number of likely N-dealkylation sites (tertiary alicyclic amines) is 1. The zero-order chi connectivity index (χ0) is 14.6. The zero-order valence-corrected chi connectivity index (χ0v) is 11.3. The van der Waals surface area contributed by atoms with Crippen molar-refractivity contribution in [3.63, 3.8) is 0 Å². The largest absolute Gasteiger partial charge is 0.480 e. The molecular weight excluding hydrogens is 250 g/mol. The minimum Gasteiger partial charge on any atom is -0.480 e. The Morgan fingerprint density at radius 2 is 2.11 bits per heavy atom. The van der Waals surface area contributed by atoms with Gasteiger partial charge >= 0.3 is 12.0 Å². The molecule has 1 saturated heterocycles. The van der Waals surface area contributed by atoms with Gasteiger partial charge in [0, 0.05) is 6.54 Å². The third-order valence-corrected chi connectivity index (χ3v) is 3.59.